The zero-order valence-electron chi connectivity index (χ0n) is 13.0. The molecule has 0 spiro atoms. The summed E-state index contributed by atoms with van der Waals surface area (Å²) in [6.07, 6.45) is 3.30. The lowest BCUT2D eigenvalue weighted by molar-refractivity contribution is 0.694. The van der Waals surface area contributed by atoms with E-state index in [1.165, 1.54) is 26.4 Å². The van der Waals surface area contributed by atoms with Gasteiger partial charge in [0.05, 0.1) is 6.04 Å². The molecule has 1 aromatic heterocycles. The Hall–Kier alpha value is -1.12. The second kappa shape index (κ2) is 7.05. The van der Waals surface area contributed by atoms with Crippen LogP contribution in [0.2, 0.25) is 0 Å². The zero-order chi connectivity index (χ0) is 14.5. The first kappa shape index (κ1) is 15.3. The van der Waals surface area contributed by atoms with Crippen molar-refractivity contribution in [3.8, 4) is 0 Å². The highest BCUT2D eigenvalue weighted by Gasteiger charge is 2.17. The summed E-state index contributed by atoms with van der Waals surface area (Å²) in [5.74, 6) is 0. The van der Waals surface area contributed by atoms with Crippen LogP contribution in [-0.2, 0) is 19.3 Å². The smallest absolute Gasteiger partial charge is 0.0671 e. The summed E-state index contributed by atoms with van der Waals surface area (Å²) >= 11 is 1.93. The van der Waals surface area contributed by atoms with Crippen molar-refractivity contribution in [3.63, 3.8) is 0 Å². The van der Waals surface area contributed by atoms with Crippen LogP contribution >= 0.6 is 11.3 Å². The zero-order valence-corrected chi connectivity index (χ0v) is 13.8. The second-order valence-corrected chi connectivity index (χ2v) is 6.32. The average molecular weight is 287 g/mol. The molecule has 1 nitrogen and oxygen atoms in total. The summed E-state index contributed by atoms with van der Waals surface area (Å²) in [6.45, 7) is 6.68. The van der Waals surface area contributed by atoms with E-state index in [1.54, 1.807) is 0 Å². The molecule has 108 valence electrons. The minimum atomic E-state index is 0.321. The standard InChI is InChI=1S/C18H25NS/c1-5-13-8-9-14(6-2)16(12-13)18(19-4)17-11-10-15(7-3)20-17/h8-12,18-19H,5-7H2,1-4H3. The van der Waals surface area contributed by atoms with Crippen LogP contribution in [0.5, 0.6) is 0 Å². The van der Waals surface area contributed by atoms with Crippen LogP contribution in [0.3, 0.4) is 0 Å². The van der Waals surface area contributed by atoms with Gasteiger partial charge in [-0.2, -0.15) is 0 Å². The van der Waals surface area contributed by atoms with Gasteiger partial charge in [0.2, 0.25) is 0 Å². The van der Waals surface area contributed by atoms with Gasteiger partial charge in [-0.25, -0.2) is 0 Å². The van der Waals surface area contributed by atoms with E-state index in [0.717, 1.165) is 19.3 Å². The average Bonchev–Trinajstić information content (AvgIpc) is 2.96. The molecular weight excluding hydrogens is 262 g/mol. The number of hydrogen-bond acceptors (Lipinski definition) is 2. The van der Waals surface area contributed by atoms with Gasteiger partial charge in [0.1, 0.15) is 0 Å². The van der Waals surface area contributed by atoms with Crippen LogP contribution in [0.15, 0.2) is 30.3 Å². The van der Waals surface area contributed by atoms with Crippen molar-refractivity contribution in [3.05, 3.63) is 56.8 Å². The molecule has 1 heterocycles. The summed E-state index contributed by atoms with van der Waals surface area (Å²) in [7, 11) is 2.06. The quantitative estimate of drug-likeness (QED) is 0.809. The third-order valence-electron chi connectivity index (χ3n) is 3.91. The molecule has 0 bridgehead atoms. The van der Waals surface area contributed by atoms with Gasteiger partial charge < -0.3 is 5.32 Å². The Balaban J connectivity index is 2.44. The van der Waals surface area contributed by atoms with E-state index in [4.69, 9.17) is 0 Å². The van der Waals surface area contributed by atoms with Gasteiger partial charge >= 0.3 is 0 Å². The third-order valence-corrected chi connectivity index (χ3v) is 5.21. The van der Waals surface area contributed by atoms with Crippen LogP contribution in [0, 0.1) is 0 Å². The lowest BCUT2D eigenvalue weighted by atomic mass is 9.94. The fraction of sp³-hybridized carbons (Fsp3) is 0.444. The Labute approximate surface area is 127 Å². The number of nitrogens with one attached hydrogen (secondary N) is 1. The first-order valence-electron chi connectivity index (χ1n) is 7.60. The summed E-state index contributed by atoms with van der Waals surface area (Å²) in [4.78, 5) is 2.89. The molecule has 0 radical (unpaired) electrons. The third kappa shape index (κ3) is 3.13. The fourth-order valence-corrected chi connectivity index (χ4v) is 3.73. The van der Waals surface area contributed by atoms with Gasteiger partial charge in [-0.05, 0) is 55.1 Å². The SMILES string of the molecule is CCc1ccc(CC)c(C(NC)c2ccc(CC)s2)c1. The molecule has 2 heteroatoms. The van der Waals surface area contributed by atoms with Crippen molar-refractivity contribution in [2.45, 2.75) is 46.1 Å². The minimum Gasteiger partial charge on any atom is -0.309 e. The largest absolute Gasteiger partial charge is 0.309 e. The Kier molecular flexibility index (Phi) is 5.38. The molecule has 0 amide bonds. The molecule has 20 heavy (non-hydrogen) atoms. The van der Waals surface area contributed by atoms with Crippen LogP contribution in [0.4, 0.5) is 0 Å². The van der Waals surface area contributed by atoms with E-state index >= 15 is 0 Å². The van der Waals surface area contributed by atoms with Crippen LogP contribution in [-0.4, -0.2) is 7.05 Å². The Morgan fingerprint density at radius 1 is 1.00 bits per heavy atom. The van der Waals surface area contributed by atoms with Crippen molar-refractivity contribution < 1.29 is 0 Å². The highest BCUT2D eigenvalue weighted by Crippen LogP contribution is 2.31. The van der Waals surface area contributed by atoms with Crippen molar-refractivity contribution in [2.24, 2.45) is 0 Å². The summed E-state index contributed by atoms with van der Waals surface area (Å²) in [5.41, 5.74) is 4.32. The molecule has 0 aliphatic carbocycles. The molecule has 0 aliphatic rings. The van der Waals surface area contributed by atoms with Crippen molar-refractivity contribution in [1.29, 1.82) is 0 Å². The second-order valence-electron chi connectivity index (χ2n) is 5.12. The van der Waals surface area contributed by atoms with Crippen molar-refractivity contribution in [1.82, 2.24) is 5.32 Å². The fourth-order valence-electron chi connectivity index (χ4n) is 2.65. The highest BCUT2D eigenvalue weighted by molar-refractivity contribution is 7.12. The van der Waals surface area contributed by atoms with Crippen LogP contribution in [0.25, 0.3) is 0 Å². The van der Waals surface area contributed by atoms with Gasteiger partial charge in [0, 0.05) is 9.75 Å². The summed E-state index contributed by atoms with van der Waals surface area (Å²) in [6, 6.07) is 11.8. The normalized spacial score (nSPS) is 12.6. The molecule has 1 N–H and O–H groups in total. The molecule has 0 saturated heterocycles. The number of rotatable bonds is 6. The predicted molar refractivity (Wildman–Crippen MR) is 89.8 cm³/mol. The van der Waals surface area contributed by atoms with E-state index < -0.39 is 0 Å². The molecule has 0 aliphatic heterocycles. The van der Waals surface area contributed by atoms with E-state index in [1.807, 2.05) is 11.3 Å². The number of benzene rings is 1. The monoisotopic (exact) mass is 287 g/mol. The summed E-state index contributed by atoms with van der Waals surface area (Å²) in [5, 5.41) is 3.51. The van der Waals surface area contributed by atoms with Gasteiger partial charge in [-0.3, -0.25) is 0 Å². The molecule has 0 fully saturated rings. The molecule has 2 aromatic rings. The Morgan fingerprint density at radius 3 is 2.35 bits per heavy atom. The van der Waals surface area contributed by atoms with E-state index in [-0.39, 0.29) is 0 Å². The number of hydrogen-bond donors (Lipinski definition) is 1. The van der Waals surface area contributed by atoms with Crippen molar-refractivity contribution >= 4 is 11.3 Å². The summed E-state index contributed by atoms with van der Waals surface area (Å²) < 4.78 is 0. The molecule has 2 rings (SSSR count). The first-order chi connectivity index (χ1) is 9.73. The van der Waals surface area contributed by atoms with Gasteiger partial charge in [-0.1, -0.05) is 39.0 Å². The van der Waals surface area contributed by atoms with E-state index in [0.29, 0.717) is 6.04 Å². The highest BCUT2D eigenvalue weighted by atomic mass is 32.1. The predicted octanol–water partition coefficient (Wildman–Crippen LogP) is 4.74. The van der Waals surface area contributed by atoms with Gasteiger partial charge in [0.15, 0.2) is 0 Å². The molecule has 1 atom stereocenters. The molecule has 1 aromatic carbocycles. The maximum absolute atomic E-state index is 3.51. The molecular formula is C18H25NS. The lowest BCUT2D eigenvalue weighted by Crippen LogP contribution is -2.18. The molecule has 0 saturated carbocycles. The maximum Gasteiger partial charge on any atom is 0.0671 e. The number of thiophene rings is 1. The lowest BCUT2D eigenvalue weighted by Gasteiger charge is -2.19. The maximum atomic E-state index is 3.51. The van der Waals surface area contributed by atoms with Crippen molar-refractivity contribution in [2.75, 3.05) is 7.05 Å². The van der Waals surface area contributed by atoms with E-state index in [2.05, 4.69) is 63.5 Å². The van der Waals surface area contributed by atoms with Gasteiger partial charge in [-0.15, -0.1) is 11.3 Å². The minimum absolute atomic E-state index is 0.321. The Morgan fingerprint density at radius 2 is 1.80 bits per heavy atom. The topological polar surface area (TPSA) is 12.0 Å². The van der Waals surface area contributed by atoms with Crippen LogP contribution < -0.4 is 5.32 Å². The first-order valence-corrected chi connectivity index (χ1v) is 8.42. The van der Waals surface area contributed by atoms with E-state index in [9.17, 15) is 0 Å². The Bertz CT molecular complexity index is 556. The van der Waals surface area contributed by atoms with Crippen LogP contribution in [0.1, 0.15) is 53.3 Å². The van der Waals surface area contributed by atoms with Gasteiger partial charge in [0.25, 0.3) is 0 Å². The molecule has 1 unspecified atom stereocenters. The number of aryl methyl sites for hydroxylation is 3.